The standard InChI is InChI=1S/C19H19FN6/c1-3-5-16-15(22-10-17-13(2)23-12-26(16)17)11-25-9-8-21-19(25)14-6-4-7-18(20)24-14/h4,6-10,12H,3,5,11H2,1-2H3. The predicted octanol–water partition coefficient (Wildman–Crippen LogP) is 3.44. The minimum absolute atomic E-state index is 0.506. The smallest absolute Gasteiger partial charge is 0.213 e. The van der Waals surface area contributed by atoms with Crippen LogP contribution in [-0.2, 0) is 13.0 Å². The minimum Gasteiger partial charge on any atom is -0.324 e. The predicted molar refractivity (Wildman–Crippen MR) is 96.2 cm³/mol. The highest BCUT2D eigenvalue weighted by Gasteiger charge is 2.14. The fourth-order valence-electron chi connectivity index (χ4n) is 3.17. The van der Waals surface area contributed by atoms with Gasteiger partial charge < -0.3 is 4.57 Å². The topological polar surface area (TPSA) is 60.9 Å². The molecule has 132 valence electrons. The monoisotopic (exact) mass is 350 g/mol. The van der Waals surface area contributed by atoms with Crippen molar-refractivity contribution in [2.45, 2.75) is 33.2 Å². The maximum Gasteiger partial charge on any atom is 0.213 e. The lowest BCUT2D eigenvalue weighted by Gasteiger charge is -2.13. The van der Waals surface area contributed by atoms with Crippen molar-refractivity contribution < 1.29 is 4.39 Å². The van der Waals surface area contributed by atoms with Crippen LogP contribution in [-0.4, -0.2) is 28.9 Å². The van der Waals surface area contributed by atoms with Crippen LogP contribution in [0.25, 0.3) is 17.0 Å². The van der Waals surface area contributed by atoms with Crippen LogP contribution in [0, 0.1) is 12.9 Å². The fraction of sp³-hybridized carbons (Fsp3) is 0.263. The summed E-state index contributed by atoms with van der Waals surface area (Å²) >= 11 is 0. The second-order valence-corrected chi connectivity index (χ2v) is 6.21. The number of pyridine rings is 1. The molecule has 0 aliphatic rings. The first-order valence-electron chi connectivity index (χ1n) is 8.62. The Bertz CT molecular complexity index is 1070. The van der Waals surface area contributed by atoms with Gasteiger partial charge in [-0.2, -0.15) is 4.39 Å². The van der Waals surface area contributed by atoms with Crippen LogP contribution in [0.5, 0.6) is 0 Å². The van der Waals surface area contributed by atoms with Gasteiger partial charge in [0.25, 0.3) is 0 Å². The van der Waals surface area contributed by atoms with E-state index >= 15 is 0 Å². The number of imidazole rings is 2. The van der Waals surface area contributed by atoms with Gasteiger partial charge >= 0.3 is 0 Å². The van der Waals surface area contributed by atoms with Crippen LogP contribution in [0.1, 0.15) is 30.4 Å². The third-order valence-corrected chi connectivity index (χ3v) is 4.43. The van der Waals surface area contributed by atoms with Gasteiger partial charge in [0.15, 0.2) is 5.82 Å². The van der Waals surface area contributed by atoms with Crippen LogP contribution in [0.3, 0.4) is 0 Å². The van der Waals surface area contributed by atoms with Gasteiger partial charge in [0.2, 0.25) is 5.95 Å². The molecule has 0 N–H and O–H groups in total. The molecular weight excluding hydrogens is 331 g/mol. The molecule has 0 radical (unpaired) electrons. The van der Waals surface area contributed by atoms with Gasteiger partial charge in [-0.25, -0.2) is 15.0 Å². The molecule has 0 aromatic carbocycles. The normalized spacial score (nSPS) is 11.3. The molecule has 6 nitrogen and oxygen atoms in total. The molecule has 0 bridgehead atoms. The van der Waals surface area contributed by atoms with Crippen LogP contribution in [0.15, 0.2) is 43.1 Å². The zero-order chi connectivity index (χ0) is 18.1. The van der Waals surface area contributed by atoms with Crippen LogP contribution < -0.4 is 0 Å². The number of halogens is 1. The SMILES string of the molecule is CCCc1c(Cn2ccnc2-c2cccc(F)n2)ncc2c(C)ncn12. The zero-order valence-electron chi connectivity index (χ0n) is 14.7. The molecule has 0 unspecified atom stereocenters. The Kier molecular flexibility index (Phi) is 4.20. The Labute approximate surface area is 150 Å². The average Bonchev–Trinajstić information content (AvgIpc) is 3.24. The minimum atomic E-state index is -0.517. The zero-order valence-corrected chi connectivity index (χ0v) is 14.7. The third kappa shape index (κ3) is 2.85. The molecule has 0 saturated carbocycles. The molecule has 7 heteroatoms. The lowest BCUT2D eigenvalue weighted by atomic mass is 10.2. The van der Waals surface area contributed by atoms with E-state index in [0.29, 0.717) is 18.1 Å². The van der Waals surface area contributed by atoms with Crippen LogP contribution >= 0.6 is 0 Å². The first-order chi connectivity index (χ1) is 12.7. The summed E-state index contributed by atoms with van der Waals surface area (Å²) in [6.07, 6.45) is 9.17. The van der Waals surface area contributed by atoms with E-state index in [1.165, 1.54) is 6.07 Å². The van der Waals surface area contributed by atoms with Crippen molar-refractivity contribution in [1.29, 1.82) is 0 Å². The Balaban J connectivity index is 1.77. The number of aryl methyl sites for hydroxylation is 2. The second kappa shape index (κ2) is 6.67. The fourth-order valence-corrected chi connectivity index (χ4v) is 3.17. The van der Waals surface area contributed by atoms with Gasteiger partial charge in [0, 0.05) is 18.1 Å². The van der Waals surface area contributed by atoms with Crippen molar-refractivity contribution >= 4 is 5.52 Å². The molecule has 4 aromatic heterocycles. The molecule has 0 aliphatic carbocycles. The Morgan fingerprint density at radius 2 is 2.04 bits per heavy atom. The summed E-state index contributed by atoms with van der Waals surface area (Å²) in [5.41, 5.74) is 4.58. The van der Waals surface area contributed by atoms with E-state index in [-0.39, 0.29) is 0 Å². The summed E-state index contributed by atoms with van der Waals surface area (Å²) < 4.78 is 17.5. The van der Waals surface area contributed by atoms with Gasteiger partial charge in [-0.1, -0.05) is 19.4 Å². The summed E-state index contributed by atoms with van der Waals surface area (Å²) in [5.74, 6) is 0.104. The van der Waals surface area contributed by atoms with Crippen molar-refractivity contribution in [3.63, 3.8) is 0 Å². The summed E-state index contributed by atoms with van der Waals surface area (Å²) in [4.78, 5) is 17.4. The summed E-state index contributed by atoms with van der Waals surface area (Å²) in [6.45, 7) is 4.66. The van der Waals surface area contributed by atoms with Crippen molar-refractivity contribution in [3.05, 3.63) is 66.1 Å². The number of nitrogens with zero attached hydrogens (tertiary/aromatic N) is 6. The van der Waals surface area contributed by atoms with Gasteiger partial charge in [-0.3, -0.25) is 9.38 Å². The van der Waals surface area contributed by atoms with Gasteiger partial charge in [-0.15, -0.1) is 0 Å². The molecule has 0 saturated heterocycles. The number of hydrogen-bond acceptors (Lipinski definition) is 4. The summed E-state index contributed by atoms with van der Waals surface area (Å²) in [7, 11) is 0. The van der Waals surface area contributed by atoms with Gasteiger partial charge in [0.05, 0.1) is 36.0 Å². The van der Waals surface area contributed by atoms with E-state index in [0.717, 1.165) is 35.4 Å². The highest BCUT2D eigenvalue weighted by molar-refractivity contribution is 5.52. The quantitative estimate of drug-likeness (QED) is 0.517. The first kappa shape index (κ1) is 16.4. The highest BCUT2D eigenvalue weighted by Crippen LogP contribution is 2.20. The molecular formula is C19H19FN6. The highest BCUT2D eigenvalue weighted by atomic mass is 19.1. The Hall–Kier alpha value is -3.09. The maximum atomic E-state index is 13.5. The molecule has 4 heterocycles. The van der Waals surface area contributed by atoms with Gasteiger partial charge in [-0.05, 0) is 25.5 Å². The second-order valence-electron chi connectivity index (χ2n) is 6.21. The molecule has 4 aromatic rings. The summed E-state index contributed by atoms with van der Waals surface area (Å²) in [5, 5.41) is 0. The van der Waals surface area contributed by atoms with E-state index in [9.17, 15) is 4.39 Å². The van der Waals surface area contributed by atoms with E-state index in [1.807, 2.05) is 30.2 Å². The number of fused-ring (bicyclic) bond motifs is 1. The van der Waals surface area contributed by atoms with E-state index in [2.05, 4.69) is 31.3 Å². The first-order valence-corrected chi connectivity index (χ1v) is 8.62. The number of hydrogen-bond donors (Lipinski definition) is 0. The maximum absolute atomic E-state index is 13.5. The molecule has 4 rings (SSSR count). The van der Waals surface area contributed by atoms with Crippen molar-refractivity contribution in [3.8, 4) is 11.5 Å². The third-order valence-electron chi connectivity index (χ3n) is 4.43. The van der Waals surface area contributed by atoms with E-state index in [1.54, 1.807) is 18.3 Å². The Morgan fingerprint density at radius 1 is 1.15 bits per heavy atom. The number of aromatic nitrogens is 6. The van der Waals surface area contributed by atoms with Crippen molar-refractivity contribution in [2.24, 2.45) is 0 Å². The van der Waals surface area contributed by atoms with Crippen molar-refractivity contribution in [2.75, 3.05) is 0 Å². The lowest BCUT2D eigenvalue weighted by Crippen LogP contribution is -2.10. The lowest BCUT2D eigenvalue weighted by molar-refractivity contribution is 0.584. The number of rotatable bonds is 5. The molecule has 0 atom stereocenters. The largest absolute Gasteiger partial charge is 0.324 e. The van der Waals surface area contributed by atoms with Crippen LogP contribution in [0.2, 0.25) is 0 Å². The van der Waals surface area contributed by atoms with Crippen LogP contribution in [0.4, 0.5) is 4.39 Å². The average molecular weight is 350 g/mol. The molecule has 0 aliphatic heterocycles. The summed E-state index contributed by atoms with van der Waals surface area (Å²) in [6, 6.07) is 4.72. The molecule has 26 heavy (non-hydrogen) atoms. The van der Waals surface area contributed by atoms with Gasteiger partial charge in [0.1, 0.15) is 5.69 Å². The molecule has 0 amide bonds. The molecule has 0 fully saturated rings. The Morgan fingerprint density at radius 3 is 2.85 bits per heavy atom. The van der Waals surface area contributed by atoms with E-state index in [4.69, 9.17) is 0 Å². The van der Waals surface area contributed by atoms with Crippen molar-refractivity contribution in [1.82, 2.24) is 28.9 Å². The molecule has 0 spiro atoms. The van der Waals surface area contributed by atoms with E-state index < -0.39 is 5.95 Å².